The number of hydrogen-bond donors (Lipinski definition) is 1. The van der Waals surface area contributed by atoms with Gasteiger partial charge < -0.3 is 9.88 Å². The average Bonchev–Trinajstić information content (AvgIpc) is 3.10. The Morgan fingerprint density at radius 2 is 1.80 bits per heavy atom. The fraction of sp³-hybridized carbons (Fsp3) is 0.312. The first-order chi connectivity index (χ1) is 11.9. The molecule has 1 N–H and O–H groups in total. The van der Waals surface area contributed by atoms with Gasteiger partial charge in [0.15, 0.2) is 11.6 Å². The highest BCUT2D eigenvalue weighted by molar-refractivity contribution is 7.89. The van der Waals surface area contributed by atoms with Crippen LogP contribution in [0.4, 0.5) is 8.78 Å². The molecule has 0 bridgehead atoms. The van der Waals surface area contributed by atoms with Crippen LogP contribution in [0.5, 0.6) is 0 Å². The molecule has 1 aliphatic rings. The van der Waals surface area contributed by atoms with Gasteiger partial charge in [0.1, 0.15) is 0 Å². The molecule has 1 aromatic carbocycles. The second kappa shape index (κ2) is 6.93. The molecule has 0 atom stereocenters. The molecule has 9 heteroatoms. The van der Waals surface area contributed by atoms with Crippen molar-refractivity contribution in [3.05, 3.63) is 53.9 Å². The van der Waals surface area contributed by atoms with E-state index in [-0.39, 0.29) is 43.4 Å². The maximum absolute atomic E-state index is 13.3. The minimum Gasteiger partial charge on any atom is -0.365 e. The lowest BCUT2D eigenvalue weighted by molar-refractivity contribution is -0.131. The van der Waals surface area contributed by atoms with Crippen molar-refractivity contribution in [3.63, 3.8) is 0 Å². The topological polar surface area (TPSA) is 73.5 Å². The van der Waals surface area contributed by atoms with Gasteiger partial charge in [0.05, 0.1) is 11.3 Å². The average molecular weight is 369 g/mol. The van der Waals surface area contributed by atoms with Gasteiger partial charge in [-0.3, -0.25) is 4.79 Å². The van der Waals surface area contributed by atoms with E-state index in [4.69, 9.17) is 0 Å². The van der Waals surface area contributed by atoms with Crippen LogP contribution in [-0.4, -0.2) is 54.7 Å². The molecule has 0 radical (unpaired) electrons. The normalized spacial score (nSPS) is 16.2. The Bertz CT molecular complexity index is 861. The standard InChI is InChI=1S/C16H17F2N3O3S/c17-14-4-3-13(11-15(14)18)25(23,24)21-8-6-20(7-9-21)16(22)10-12-2-1-5-19-12/h1-5,11,19H,6-10H2. The summed E-state index contributed by atoms with van der Waals surface area (Å²) in [6.07, 6.45) is 1.96. The van der Waals surface area contributed by atoms with E-state index in [0.717, 1.165) is 17.8 Å². The quantitative estimate of drug-likeness (QED) is 0.885. The molecule has 0 spiro atoms. The molecular weight excluding hydrogens is 352 g/mol. The third-order valence-electron chi connectivity index (χ3n) is 4.12. The van der Waals surface area contributed by atoms with Crippen LogP contribution in [0, 0.1) is 11.6 Å². The van der Waals surface area contributed by atoms with E-state index in [1.54, 1.807) is 17.2 Å². The maximum atomic E-state index is 13.3. The van der Waals surface area contributed by atoms with E-state index in [0.29, 0.717) is 6.07 Å². The number of aromatic nitrogens is 1. The number of carbonyl (C=O) groups is 1. The minimum absolute atomic E-state index is 0.0904. The molecule has 1 fully saturated rings. The van der Waals surface area contributed by atoms with Crippen molar-refractivity contribution in [1.29, 1.82) is 0 Å². The number of carbonyl (C=O) groups excluding carboxylic acids is 1. The lowest BCUT2D eigenvalue weighted by Crippen LogP contribution is -2.50. The third kappa shape index (κ3) is 3.72. The van der Waals surface area contributed by atoms with Gasteiger partial charge in [-0.05, 0) is 30.3 Å². The monoisotopic (exact) mass is 369 g/mol. The summed E-state index contributed by atoms with van der Waals surface area (Å²) in [6.45, 7) is 0.723. The van der Waals surface area contributed by atoms with Crippen molar-refractivity contribution in [3.8, 4) is 0 Å². The first-order valence-electron chi connectivity index (χ1n) is 7.73. The molecule has 1 aliphatic heterocycles. The minimum atomic E-state index is -3.92. The third-order valence-corrected chi connectivity index (χ3v) is 6.02. The van der Waals surface area contributed by atoms with Crippen molar-refractivity contribution in [1.82, 2.24) is 14.2 Å². The molecule has 0 saturated carbocycles. The first kappa shape index (κ1) is 17.6. The zero-order chi connectivity index (χ0) is 18.0. The Labute approximate surface area is 144 Å². The molecular formula is C16H17F2N3O3S. The van der Waals surface area contributed by atoms with Crippen LogP contribution < -0.4 is 0 Å². The summed E-state index contributed by atoms with van der Waals surface area (Å²) in [4.78, 5) is 16.5. The maximum Gasteiger partial charge on any atom is 0.243 e. The van der Waals surface area contributed by atoms with Gasteiger partial charge in [-0.25, -0.2) is 17.2 Å². The number of nitrogens with zero attached hydrogens (tertiary/aromatic N) is 2. The molecule has 2 heterocycles. The highest BCUT2D eigenvalue weighted by Gasteiger charge is 2.30. The highest BCUT2D eigenvalue weighted by Crippen LogP contribution is 2.20. The lowest BCUT2D eigenvalue weighted by atomic mass is 10.2. The van der Waals surface area contributed by atoms with E-state index < -0.39 is 21.7 Å². The predicted octanol–water partition coefficient (Wildman–Crippen LogP) is 1.37. The lowest BCUT2D eigenvalue weighted by Gasteiger charge is -2.34. The Morgan fingerprint density at radius 1 is 1.08 bits per heavy atom. The largest absolute Gasteiger partial charge is 0.365 e. The number of amides is 1. The number of nitrogens with one attached hydrogen (secondary N) is 1. The Hall–Kier alpha value is -2.26. The number of rotatable bonds is 4. The van der Waals surface area contributed by atoms with Crippen LogP contribution >= 0.6 is 0 Å². The summed E-state index contributed by atoms with van der Waals surface area (Å²) in [7, 11) is -3.92. The number of hydrogen-bond acceptors (Lipinski definition) is 3. The summed E-state index contributed by atoms with van der Waals surface area (Å²) in [5, 5.41) is 0. The highest BCUT2D eigenvalue weighted by atomic mass is 32.2. The molecule has 2 aromatic rings. The molecule has 134 valence electrons. The van der Waals surface area contributed by atoms with Crippen LogP contribution in [-0.2, 0) is 21.2 Å². The van der Waals surface area contributed by atoms with Gasteiger partial charge in [-0.15, -0.1) is 0 Å². The summed E-state index contributed by atoms with van der Waals surface area (Å²) in [5.74, 6) is -2.40. The Morgan fingerprint density at radius 3 is 2.40 bits per heavy atom. The van der Waals surface area contributed by atoms with Crippen LogP contribution in [0.3, 0.4) is 0 Å². The fourth-order valence-electron chi connectivity index (χ4n) is 2.72. The van der Waals surface area contributed by atoms with Crippen molar-refractivity contribution in [2.24, 2.45) is 0 Å². The predicted molar refractivity (Wildman–Crippen MR) is 86.2 cm³/mol. The van der Waals surface area contributed by atoms with Gasteiger partial charge in [-0.1, -0.05) is 0 Å². The Balaban J connectivity index is 1.64. The molecule has 0 aliphatic carbocycles. The van der Waals surface area contributed by atoms with Crippen LogP contribution in [0.1, 0.15) is 5.69 Å². The Kier molecular flexibility index (Phi) is 4.87. The number of aromatic amines is 1. The molecule has 0 unspecified atom stereocenters. The number of benzene rings is 1. The van der Waals surface area contributed by atoms with Gasteiger partial charge in [0.25, 0.3) is 0 Å². The molecule has 3 rings (SSSR count). The zero-order valence-electron chi connectivity index (χ0n) is 13.3. The molecule has 1 saturated heterocycles. The van der Waals surface area contributed by atoms with Gasteiger partial charge in [-0.2, -0.15) is 4.31 Å². The summed E-state index contributed by atoms with van der Waals surface area (Å²) in [5.41, 5.74) is 0.793. The van der Waals surface area contributed by atoms with Gasteiger partial charge in [0.2, 0.25) is 15.9 Å². The number of sulfonamides is 1. The van der Waals surface area contributed by atoms with E-state index in [1.807, 2.05) is 6.07 Å². The van der Waals surface area contributed by atoms with Crippen LogP contribution in [0.15, 0.2) is 41.4 Å². The van der Waals surface area contributed by atoms with Crippen molar-refractivity contribution >= 4 is 15.9 Å². The summed E-state index contributed by atoms with van der Waals surface area (Å²) < 4.78 is 52.5. The summed E-state index contributed by atoms with van der Waals surface area (Å²) in [6, 6.07) is 6.11. The molecule has 25 heavy (non-hydrogen) atoms. The van der Waals surface area contributed by atoms with Gasteiger partial charge >= 0.3 is 0 Å². The van der Waals surface area contributed by atoms with Crippen molar-refractivity contribution < 1.29 is 22.0 Å². The number of H-pyrrole nitrogens is 1. The van der Waals surface area contributed by atoms with Crippen molar-refractivity contribution in [2.45, 2.75) is 11.3 Å². The van der Waals surface area contributed by atoms with Crippen molar-refractivity contribution in [2.75, 3.05) is 26.2 Å². The van der Waals surface area contributed by atoms with Crippen LogP contribution in [0.2, 0.25) is 0 Å². The fourth-order valence-corrected chi connectivity index (χ4v) is 4.15. The van der Waals surface area contributed by atoms with Gasteiger partial charge in [0, 0.05) is 38.1 Å². The smallest absolute Gasteiger partial charge is 0.243 e. The number of halogens is 2. The van der Waals surface area contributed by atoms with E-state index in [1.165, 1.54) is 4.31 Å². The van der Waals surface area contributed by atoms with Crippen LogP contribution in [0.25, 0.3) is 0 Å². The first-order valence-corrected chi connectivity index (χ1v) is 9.17. The molecule has 6 nitrogen and oxygen atoms in total. The SMILES string of the molecule is O=C(Cc1ccc[nH]1)N1CCN(S(=O)(=O)c2ccc(F)c(F)c2)CC1. The van der Waals surface area contributed by atoms with E-state index in [9.17, 15) is 22.0 Å². The number of piperazine rings is 1. The second-order valence-electron chi connectivity index (χ2n) is 5.73. The van der Waals surface area contributed by atoms with E-state index in [2.05, 4.69) is 4.98 Å². The second-order valence-corrected chi connectivity index (χ2v) is 7.67. The molecule has 1 aromatic heterocycles. The summed E-state index contributed by atoms with van der Waals surface area (Å²) >= 11 is 0. The van der Waals surface area contributed by atoms with E-state index >= 15 is 0 Å². The zero-order valence-corrected chi connectivity index (χ0v) is 14.1. The molecule has 1 amide bonds.